The SMILES string of the molecule is Nc1c2c(nc3ccccc13)CC(O)CC2O.O=C(O)/C=C/C(=O)O. The van der Waals surface area contributed by atoms with E-state index in [1.165, 1.54) is 0 Å². The van der Waals surface area contributed by atoms with E-state index < -0.39 is 24.1 Å². The lowest BCUT2D eigenvalue weighted by atomic mass is 9.89. The molecule has 8 heteroatoms. The van der Waals surface area contributed by atoms with Gasteiger partial charge in [0.05, 0.1) is 23.4 Å². The van der Waals surface area contributed by atoms with Crippen molar-refractivity contribution in [1.29, 1.82) is 0 Å². The van der Waals surface area contributed by atoms with Crippen LogP contribution in [0.2, 0.25) is 0 Å². The van der Waals surface area contributed by atoms with Crippen molar-refractivity contribution >= 4 is 28.5 Å². The van der Waals surface area contributed by atoms with Gasteiger partial charge in [0.2, 0.25) is 0 Å². The molecule has 0 aliphatic heterocycles. The number of para-hydroxylation sites is 1. The number of aliphatic carboxylic acids is 2. The minimum Gasteiger partial charge on any atom is -0.478 e. The van der Waals surface area contributed by atoms with E-state index in [9.17, 15) is 19.8 Å². The number of hydrogen-bond donors (Lipinski definition) is 5. The van der Waals surface area contributed by atoms with Crippen LogP contribution in [0, 0.1) is 0 Å². The summed E-state index contributed by atoms with van der Waals surface area (Å²) < 4.78 is 0. The molecule has 1 aromatic carbocycles. The number of carboxylic acids is 2. The van der Waals surface area contributed by atoms with Gasteiger partial charge in [-0.05, 0) is 6.07 Å². The van der Waals surface area contributed by atoms with E-state index in [2.05, 4.69) is 4.98 Å². The Morgan fingerprint density at radius 1 is 1.12 bits per heavy atom. The second kappa shape index (κ2) is 7.73. The molecule has 0 amide bonds. The maximum absolute atomic E-state index is 9.99. The maximum atomic E-state index is 9.99. The van der Waals surface area contributed by atoms with Crippen LogP contribution in [-0.4, -0.2) is 43.5 Å². The van der Waals surface area contributed by atoms with Crippen molar-refractivity contribution in [3.8, 4) is 0 Å². The Kier molecular flexibility index (Phi) is 5.68. The molecule has 0 saturated carbocycles. The van der Waals surface area contributed by atoms with Crippen molar-refractivity contribution in [1.82, 2.24) is 4.98 Å². The molecule has 0 saturated heterocycles. The van der Waals surface area contributed by atoms with Gasteiger partial charge in [0, 0.05) is 41.6 Å². The monoisotopic (exact) mass is 346 g/mol. The predicted octanol–water partition coefficient (Wildman–Crippen LogP) is 0.869. The van der Waals surface area contributed by atoms with E-state index in [4.69, 9.17) is 15.9 Å². The minimum atomic E-state index is -1.26. The highest BCUT2D eigenvalue weighted by molar-refractivity contribution is 5.92. The molecule has 1 aliphatic carbocycles. The molecule has 3 rings (SSSR count). The number of benzene rings is 1. The van der Waals surface area contributed by atoms with Gasteiger partial charge in [-0.3, -0.25) is 4.98 Å². The first kappa shape index (κ1) is 18.4. The largest absolute Gasteiger partial charge is 0.478 e. The molecule has 0 bridgehead atoms. The normalized spacial score (nSPS) is 19.1. The molecule has 0 radical (unpaired) electrons. The Hall–Kier alpha value is -2.97. The fraction of sp³-hybridized carbons (Fsp3) is 0.235. The first-order chi connectivity index (χ1) is 11.8. The Morgan fingerprint density at radius 3 is 2.32 bits per heavy atom. The fourth-order valence-electron chi connectivity index (χ4n) is 2.66. The second-order valence-corrected chi connectivity index (χ2v) is 5.52. The molecule has 0 fully saturated rings. The van der Waals surface area contributed by atoms with Crippen molar-refractivity contribution in [3.05, 3.63) is 47.7 Å². The van der Waals surface area contributed by atoms with E-state index in [0.29, 0.717) is 41.9 Å². The van der Waals surface area contributed by atoms with Gasteiger partial charge in [-0.15, -0.1) is 0 Å². The summed E-state index contributed by atoms with van der Waals surface area (Å²) in [5, 5.41) is 36.1. The number of rotatable bonds is 2. The predicted molar refractivity (Wildman–Crippen MR) is 89.9 cm³/mol. The molecule has 2 atom stereocenters. The molecule has 132 valence electrons. The topological polar surface area (TPSA) is 154 Å². The van der Waals surface area contributed by atoms with Crippen molar-refractivity contribution < 1.29 is 30.0 Å². The summed E-state index contributed by atoms with van der Waals surface area (Å²) in [6, 6.07) is 7.59. The summed E-state index contributed by atoms with van der Waals surface area (Å²) in [4.78, 5) is 23.6. The lowest BCUT2D eigenvalue weighted by Crippen LogP contribution is -2.24. The van der Waals surface area contributed by atoms with Crippen molar-refractivity contribution in [2.45, 2.75) is 25.0 Å². The third-order valence-corrected chi connectivity index (χ3v) is 3.68. The third-order valence-electron chi connectivity index (χ3n) is 3.68. The average Bonchev–Trinajstić information content (AvgIpc) is 2.53. The lowest BCUT2D eigenvalue weighted by molar-refractivity contribution is -0.134. The molecule has 25 heavy (non-hydrogen) atoms. The van der Waals surface area contributed by atoms with Crippen molar-refractivity contribution in [2.24, 2.45) is 0 Å². The first-order valence-electron chi connectivity index (χ1n) is 7.46. The molecular weight excluding hydrogens is 328 g/mol. The average molecular weight is 346 g/mol. The number of anilines is 1. The van der Waals surface area contributed by atoms with Crippen LogP contribution in [0.1, 0.15) is 23.8 Å². The highest BCUT2D eigenvalue weighted by Crippen LogP contribution is 2.36. The van der Waals surface area contributed by atoms with Crippen LogP contribution in [0.3, 0.4) is 0 Å². The summed E-state index contributed by atoms with van der Waals surface area (Å²) >= 11 is 0. The van der Waals surface area contributed by atoms with E-state index in [1.54, 1.807) is 0 Å². The zero-order valence-electron chi connectivity index (χ0n) is 13.2. The quantitative estimate of drug-likeness (QED) is 0.502. The van der Waals surface area contributed by atoms with E-state index >= 15 is 0 Å². The summed E-state index contributed by atoms with van der Waals surface area (Å²) in [5.74, 6) is -2.51. The van der Waals surface area contributed by atoms with Gasteiger partial charge in [-0.2, -0.15) is 0 Å². The van der Waals surface area contributed by atoms with Crippen molar-refractivity contribution in [2.75, 3.05) is 5.73 Å². The molecule has 2 aromatic rings. The zero-order chi connectivity index (χ0) is 18.6. The number of carbonyl (C=O) groups is 2. The summed E-state index contributed by atoms with van der Waals surface area (Å²) in [6.07, 6.45) is 0.653. The van der Waals surface area contributed by atoms with Gasteiger partial charge < -0.3 is 26.2 Å². The zero-order valence-corrected chi connectivity index (χ0v) is 13.2. The maximum Gasteiger partial charge on any atom is 0.328 e. The number of nitrogens with zero attached hydrogens (tertiary/aromatic N) is 1. The molecule has 6 N–H and O–H groups in total. The van der Waals surface area contributed by atoms with Crippen LogP contribution in [0.5, 0.6) is 0 Å². The van der Waals surface area contributed by atoms with Gasteiger partial charge in [0.15, 0.2) is 0 Å². The summed E-state index contributed by atoms with van der Waals surface area (Å²) in [5.41, 5.74) is 8.90. The van der Waals surface area contributed by atoms with E-state index in [1.807, 2.05) is 24.3 Å². The Labute approximate surface area is 142 Å². The second-order valence-electron chi connectivity index (χ2n) is 5.52. The Bertz CT molecular complexity index is 817. The van der Waals surface area contributed by atoms with E-state index in [0.717, 1.165) is 10.9 Å². The molecule has 0 spiro atoms. The minimum absolute atomic E-state index is 0.331. The fourth-order valence-corrected chi connectivity index (χ4v) is 2.66. The smallest absolute Gasteiger partial charge is 0.328 e. The van der Waals surface area contributed by atoms with Crippen LogP contribution in [0.4, 0.5) is 5.69 Å². The lowest BCUT2D eigenvalue weighted by Gasteiger charge is -2.26. The number of nitrogen functional groups attached to an aromatic ring is 1. The van der Waals surface area contributed by atoms with Crippen LogP contribution in [0.15, 0.2) is 36.4 Å². The number of aromatic nitrogens is 1. The van der Waals surface area contributed by atoms with Gasteiger partial charge in [0.1, 0.15) is 0 Å². The number of aliphatic hydroxyl groups is 2. The number of hydrogen-bond acceptors (Lipinski definition) is 6. The van der Waals surface area contributed by atoms with Crippen LogP contribution < -0.4 is 5.73 Å². The Balaban J connectivity index is 0.000000242. The molecular formula is C17H18N2O6. The molecule has 8 nitrogen and oxygen atoms in total. The summed E-state index contributed by atoms with van der Waals surface area (Å²) in [6.45, 7) is 0. The first-order valence-corrected chi connectivity index (χ1v) is 7.46. The van der Waals surface area contributed by atoms with E-state index in [-0.39, 0.29) is 0 Å². The van der Waals surface area contributed by atoms with Crippen molar-refractivity contribution in [3.63, 3.8) is 0 Å². The number of carboxylic acid groups (broad SMARTS) is 2. The standard InChI is InChI=1S/C13H14N2O2.C4H4O4/c14-13-8-3-1-2-4-9(8)15-10-5-7(16)6-11(17)12(10)13;5-3(6)1-2-4(7)8/h1-4,7,11,16-17H,5-6H2,(H2,14,15);1-2H,(H,5,6)(H,7,8)/b;2-1+. The third kappa shape index (κ3) is 4.52. The molecule has 2 unspecified atom stereocenters. The number of pyridine rings is 1. The Morgan fingerprint density at radius 2 is 1.72 bits per heavy atom. The highest BCUT2D eigenvalue weighted by Gasteiger charge is 2.28. The molecule has 1 aliphatic rings. The molecule has 1 aromatic heterocycles. The number of aliphatic hydroxyl groups excluding tert-OH is 2. The van der Waals surface area contributed by atoms with Gasteiger partial charge in [-0.25, -0.2) is 9.59 Å². The van der Waals surface area contributed by atoms with Crippen LogP contribution in [0.25, 0.3) is 10.9 Å². The molecule has 1 heterocycles. The van der Waals surface area contributed by atoms with Crippen LogP contribution >= 0.6 is 0 Å². The number of nitrogens with two attached hydrogens (primary N) is 1. The van der Waals surface area contributed by atoms with Gasteiger partial charge in [0.25, 0.3) is 0 Å². The number of fused-ring (bicyclic) bond motifs is 2. The highest BCUT2D eigenvalue weighted by atomic mass is 16.4. The van der Waals surface area contributed by atoms with Gasteiger partial charge >= 0.3 is 11.9 Å². The van der Waals surface area contributed by atoms with Gasteiger partial charge in [-0.1, -0.05) is 18.2 Å². The summed E-state index contributed by atoms with van der Waals surface area (Å²) in [7, 11) is 0. The van der Waals surface area contributed by atoms with Crippen LogP contribution in [-0.2, 0) is 16.0 Å².